The lowest BCUT2D eigenvalue weighted by Crippen LogP contribution is -2.36. The number of halogens is 1. The number of amides is 2. The number of piperidine rings is 1. The minimum Gasteiger partial charge on any atom is -0.352 e. The van der Waals surface area contributed by atoms with Crippen molar-refractivity contribution in [2.75, 3.05) is 31.1 Å². The fraction of sp³-hybridized carbons (Fsp3) is 0.312. The number of nitrogens with one attached hydrogen (secondary N) is 1. The molecular weight excluding hydrogens is 526 g/mol. The first-order valence-electron chi connectivity index (χ1n) is 13.6. The van der Waals surface area contributed by atoms with E-state index in [2.05, 4.69) is 17.1 Å². The summed E-state index contributed by atoms with van der Waals surface area (Å²) in [5, 5.41) is 3.70. The second-order valence-electron chi connectivity index (χ2n) is 10.4. The standard InChI is InChI=1S/C32H34ClN3O2S/c1-23-7-5-17-35(21-23)18-6-16-34-31(37)26-14-12-24(13-15-26)20-30-32(38)36(22-25-8-4-9-27(33)19-25)28-10-2-3-11-29(28)39-30/h2-4,8-15,19-20,23H,5-7,16-18,21-22H2,1H3,(H,34,37)/b30-20+/t23-/m1/s1. The molecule has 0 aliphatic carbocycles. The van der Waals surface area contributed by atoms with Crippen molar-refractivity contribution in [1.29, 1.82) is 0 Å². The first-order valence-corrected chi connectivity index (χ1v) is 14.8. The van der Waals surface area contributed by atoms with Crippen molar-refractivity contribution in [3.05, 3.63) is 99.4 Å². The smallest absolute Gasteiger partial charge is 0.265 e. The predicted octanol–water partition coefficient (Wildman–Crippen LogP) is 6.87. The molecule has 2 aliphatic heterocycles. The highest BCUT2D eigenvalue weighted by molar-refractivity contribution is 8.04. The third-order valence-corrected chi connectivity index (χ3v) is 8.52. The molecule has 2 amide bonds. The number of hydrogen-bond acceptors (Lipinski definition) is 4. The van der Waals surface area contributed by atoms with E-state index in [0.717, 1.165) is 47.1 Å². The van der Waals surface area contributed by atoms with Gasteiger partial charge in [-0.05, 0) is 91.9 Å². The van der Waals surface area contributed by atoms with E-state index in [0.29, 0.717) is 28.6 Å². The highest BCUT2D eigenvalue weighted by atomic mass is 35.5. The third-order valence-electron chi connectivity index (χ3n) is 7.21. The van der Waals surface area contributed by atoms with Gasteiger partial charge in [-0.1, -0.05) is 66.7 Å². The van der Waals surface area contributed by atoms with Crippen LogP contribution in [-0.2, 0) is 11.3 Å². The molecule has 3 aromatic rings. The average molecular weight is 560 g/mol. The van der Waals surface area contributed by atoms with E-state index in [1.807, 2.05) is 78.9 Å². The second kappa shape index (κ2) is 12.9. The maximum absolute atomic E-state index is 13.6. The molecular formula is C32H34ClN3O2S. The van der Waals surface area contributed by atoms with Gasteiger partial charge in [0.15, 0.2) is 0 Å². The monoisotopic (exact) mass is 559 g/mol. The van der Waals surface area contributed by atoms with Gasteiger partial charge in [-0.3, -0.25) is 9.59 Å². The van der Waals surface area contributed by atoms with E-state index in [4.69, 9.17) is 11.6 Å². The molecule has 202 valence electrons. The van der Waals surface area contributed by atoms with Gasteiger partial charge in [0.25, 0.3) is 11.8 Å². The number of hydrogen-bond donors (Lipinski definition) is 1. The molecule has 1 fully saturated rings. The lowest BCUT2D eigenvalue weighted by atomic mass is 10.0. The number of fused-ring (bicyclic) bond motifs is 1. The first-order chi connectivity index (χ1) is 19.0. The van der Waals surface area contributed by atoms with Crippen LogP contribution in [0.25, 0.3) is 6.08 Å². The first kappa shape index (κ1) is 27.5. The van der Waals surface area contributed by atoms with E-state index < -0.39 is 0 Å². The number of para-hydroxylation sites is 1. The van der Waals surface area contributed by atoms with Crippen LogP contribution < -0.4 is 10.2 Å². The summed E-state index contributed by atoms with van der Waals surface area (Å²) in [5.74, 6) is 0.652. The van der Waals surface area contributed by atoms with Crippen molar-refractivity contribution < 1.29 is 9.59 Å². The zero-order chi connectivity index (χ0) is 27.2. The van der Waals surface area contributed by atoms with Gasteiger partial charge in [0.05, 0.1) is 17.1 Å². The van der Waals surface area contributed by atoms with Gasteiger partial charge in [0, 0.05) is 28.6 Å². The summed E-state index contributed by atoms with van der Waals surface area (Å²) >= 11 is 7.67. The fourth-order valence-corrected chi connectivity index (χ4v) is 6.49. The summed E-state index contributed by atoms with van der Waals surface area (Å²) in [5.41, 5.74) is 3.37. The maximum atomic E-state index is 13.6. The van der Waals surface area contributed by atoms with Crippen LogP contribution in [0.5, 0.6) is 0 Å². The van der Waals surface area contributed by atoms with Crippen LogP contribution in [0, 0.1) is 5.92 Å². The second-order valence-corrected chi connectivity index (χ2v) is 11.9. The Labute approximate surface area is 240 Å². The topological polar surface area (TPSA) is 52.7 Å². The molecule has 2 aliphatic rings. The quantitative estimate of drug-likeness (QED) is 0.242. The van der Waals surface area contributed by atoms with Crippen molar-refractivity contribution in [2.45, 2.75) is 37.6 Å². The van der Waals surface area contributed by atoms with E-state index in [9.17, 15) is 9.59 Å². The normalized spacial score (nSPS) is 18.7. The maximum Gasteiger partial charge on any atom is 0.265 e. The number of carbonyl (C=O) groups excluding carboxylic acids is 2. The highest BCUT2D eigenvalue weighted by Gasteiger charge is 2.29. The number of likely N-dealkylation sites (tertiary alicyclic amines) is 1. The van der Waals surface area contributed by atoms with Crippen LogP contribution in [0.4, 0.5) is 5.69 Å². The van der Waals surface area contributed by atoms with Crippen LogP contribution >= 0.6 is 23.4 Å². The number of rotatable bonds is 8. The largest absolute Gasteiger partial charge is 0.352 e. The third kappa shape index (κ3) is 7.13. The van der Waals surface area contributed by atoms with Crippen molar-refractivity contribution in [1.82, 2.24) is 10.2 Å². The Balaban J connectivity index is 1.22. The average Bonchev–Trinajstić information content (AvgIpc) is 2.94. The summed E-state index contributed by atoms with van der Waals surface area (Å²) in [6, 6.07) is 23.0. The van der Waals surface area contributed by atoms with Gasteiger partial charge in [-0.25, -0.2) is 0 Å². The Kier molecular flexibility index (Phi) is 9.07. The zero-order valence-corrected chi connectivity index (χ0v) is 23.8. The molecule has 39 heavy (non-hydrogen) atoms. The number of thioether (sulfide) groups is 1. The zero-order valence-electron chi connectivity index (χ0n) is 22.2. The van der Waals surface area contributed by atoms with Gasteiger partial charge in [0.1, 0.15) is 0 Å². The SMILES string of the molecule is C[C@@H]1CCCN(CCCNC(=O)c2ccc(/C=C3/Sc4ccccc4N(Cc4cccc(Cl)c4)C3=O)cc2)C1. The molecule has 5 rings (SSSR count). The number of benzene rings is 3. The number of nitrogens with zero attached hydrogens (tertiary/aromatic N) is 2. The van der Waals surface area contributed by atoms with Crippen LogP contribution in [0.15, 0.2) is 82.6 Å². The summed E-state index contributed by atoms with van der Waals surface area (Å²) in [6.45, 7) is 6.77. The lowest BCUT2D eigenvalue weighted by molar-refractivity contribution is -0.114. The molecule has 0 bridgehead atoms. The predicted molar refractivity (Wildman–Crippen MR) is 161 cm³/mol. The minimum absolute atomic E-state index is 0.0522. The molecule has 2 heterocycles. The Hall–Kier alpha value is -3.06. The number of anilines is 1. The van der Waals surface area contributed by atoms with Crippen LogP contribution in [-0.4, -0.2) is 42.9 Å². The lowest BCUT2D eigenvalue weighted by Gasteiger charge is -2.30. The molecule has 5 nitrogen and oxygen atoms in total. The minimum atomic E-state index is -0.0639. The van der Waals surface area contributed by atoms with E-state index in [1.54, 1.807) is 4.90 Å². The molecule has 1 atom stereocenters. The molecule has 0 unspecified atom stereocenters. The Bertz CT molecular complexity index is 1360. The highest BCUT2D eigenvalue weighted by Crippen LogP contribution is 2.42. The fourth-order valence-electron chi connectivity index (χ4n) is 5.22. The van der Waals surface area contributed by atoms with Crippen molar-refractivity contribution in [2.24, 2.45) is 5.92 Å². The summed E-state index contributed by atoms with van der Waals surface area (Å²) in [4.78, 5) is 32.2. The van der Waals surface area contributed by atoms with Gasteiger partial charge < -0.3 is 15.1 Å². The van der Waals surface area contributed by atoms with E-state index in [1.165, 1.54) is 31.1 Å². The van der Waals surface area contributed by atoms with Crippen LogP contribution in [0.2, 0.25) is 5.02 Å². The van der Waals surface area contributed by atoms with Gasteiger partial charge in [-0.2, -0.15) is 0 Å². The molecule has 0 aromatic heterocycles. The van der Waals surface area contributed by atoms with Gasteiger partial charge in [-0.15, -0.1) is 0 Å². The summed E-state index contributed by atoms with van der Waals surface area (Å²) in [7, 11) is 0. The van der Waals surface area contributed by atoms with E-state index in [-0.39, 0.29) is 11.8 Å². The molecule has 3 aromatic carbocycles. The number of carbonyl (C=O) groups is 2. The summed E-state index contributed by atoms with van der Waals surface area (Å²) in [6.07, 6.45) is 5.44. The molecule has 1 saturated heterocycles. The molecule has 1 N–H and O–H groups in total. The molecule has 0 radical (unpaired) electrons. The van der Waals surface area contributed by atoms with Crippen molar-refractivity contribution in [3.8, 4) is 0 Å². The van der Waals surface area contributed by atoms with E-state index >= 15 is 0 Å². The Morgan fingerprint density at radius 1 is 1.10 bits per heavy atom. The molecule has 7 heteroatoms. The molecule has 0 saturated carbocycles. The van der Waals surface area contributed by atoms with Gasteiger partial charge >= 0.3 is 0 Å². The van der Waals surface area contributed by atoms with Crippen molar-refractivity contribution in [3.63, 3.8) is 0 Å². The van der Waals surface area contributed by atoms with Crippen molar-refractivity contribution >= 4 is 46.9 Å². The van der Waals surface area contributed by atoms with Crippen LogP contribution in [0.1, 0.15) is 47.7 Å². The van der Waals surface area contributed by atoms with Gasteiger partial charge in [0.2, 0.25) is 0 Å². The Morgan fingerprint density at radius 3 is 2.72 bits per heavy atom. The van der Waals surface area contributed by atoms with Crippen LogP contribution in [0.3, 0.4) is 0 Å². The summed E-state index contributed by atoms with van der Waals surface area (Å²) < 4.78 is 0. The molecule has 0 spiro atoms. The Morgan fingerprint density at radius 2 is 1.92 bits per heavy atom.